The van der Waals surface area contributed by atoms with Crippen LogP contribution in [0.4, 0.5) is 10.1 Å². The molecular weight excluding hydrogens is 289 g/mol. The van der Waals surface area contributed by atoms with Gasteiger partial charge in [-0.1, -0.05) is 12.1 Å². The number of esters is 1. The summed E-state index contributed by atoms with van der Waals surface area (Å²) >= 11 is 1.27. The normalized spacial score (nSPS) is 11.5. The summed E-state index contributed by atoms with van der Waals surface area (Å²) in [7, 11) is 0. The maximum absolute atomic E-state index is 13.0. The molecule has 0 bridgehead atoms. The molecule has 1 heterocycles. The number of halogens is 1. The second kappa shape index (κ2) is 5.48. The van der Waals surface area contributed by atoms with Crippen molar-refractivity contribution in [3.05, 3.63) is 40.5 Å². The van der Waals surface area contributed by atoms with Gasteiger partial charge in [-0.15, -0.1) is 11.3 Å². The van der Waals surface area contributed by atoms with Crippen LogP contribution in [0.1, 0.15) is 36.0 Å². The van der Waals surface area contributed by atoms with Gasteiger partial charge in [-0.3, -0.25) is 0 Å². The lowest BCUT2D eigenvalue weighted by Gasteiger charge is -2.19. The second-order valence-electron chi connectivity index (χ2n) is 5.81. The zero-order valence-electron chi connectivity index (χ0n) is 12.5. The van der Waals surface area contributed by atoms with Crippen molar-refractivity contribution in [1.29, 1.82) is 0 Å². The summed E-state index contributed by atoms with van der Waals surface area (Å²) in [5.41, 5.74) is 7.52. The highest BCUT2D eigenvalue weighted by Crippen LogP contribution is 2.38. The molecule has 2 N–H and O–H groups in total. The topological polar surface area (TPSA) is 52.3 Å². The van der Waals surface area contributed by atoms with E-state index >= 15 is 0 Å². The number of hydrogen-bond donors (Lipinski definition) is 1. The van der Waals surface area contributed by atoms with Gasteiger partial charge < -0.3 is 10.5 Å². The average Bonchev–Trinajstić information content (AvgIpc) is 2.66. The number of carbonyl (C=O) groups is 1. The number of rotatable bonds is 2. The van der Waals surface area contributed by atoms with Crippen molar-refractivity contribution < 1.29 is 13.9 Å². The molecule has 1 aromatic carbocycles. The summed E-state index contributed by atoms with van der Waals surface area (Å²) in [5.74, 6) is -0.727. The molecule has 0 aliphatic heterocycles. The van der Waals surface area contributed by atoms with Crippen LogP contribution in [0.25, 0.3) is 10.4 Å². The Hall–Kier alpha value is -1.88. The molecule has 2 aromatic rings. The monoisotopic (exact) mass is 307 g/mol. The minimum Gasteiger partial charge on any atom is -0.456 e. The summed E-state index contributed by atoms with van der Waals surface area (Å²) < 4.78 is 18.4. The number of nitrogens with two attached hydrogens (primary N) is 1. The fourth-order valence-electron chi connectivity index (χ4n) is 1.88. The molecule has 0 saturated carbocycles. The number of nitrogen functional groups attached to an aromatic ring is 1. The van der Waals surface area contributed by atoms with Crippen molar-refractivity contribution in [3.63, 3.8) is 0 Å². The van der Waals surface area contributed by atoms with Crippen LogP contribution in [0.5, 0.6) is 0 Å². The molecule has 0 saturated heterocycles. The molecular formula is C16H18FNO2S. The van der Waals surface area contributed by atoms with Gasteiger partial charge in [0.2, 0.25) is 0 Å². The third kappa shape index (κ3) is 3.42. The predicted octanol–water partition coefficient (Wildman–Crippen LogP) is 4.40. The first-order chi connectivity index (χ1) is 9.69. The Morgan fingerprint density at radius 1 is 1.24 bits per heavy atom. The van der Waals surface area contributed by atoms with Crippen LogP contribution >= 0.6 is 11.3 Å². The quantitative estimate of drug-likeness (QED) is 0.837. The molecule has 3 nitrogen and oxygen atoms in total. The summed E-state index contributed by atoms with van der Waals surface area (Å²) in [6.07, 6.45) is 0. The Balaban J connectivity index is 2.41. The molecule has 0 unspecified atom stereocenters. The van der Waals surface area contributed by atoms with Crippen LogP contribution in [-0.2, 0) is 4.74 Å². The smallest absolute Gasteiger partial charge is 0.351 e. The van der Waals surface area contributed by atoms with Gasteiger partial charge in [0.25, 0.3) is 0 Å². The van der Waals surface area contributed by atoms with Gasteiger partial charge in [0.05, 0.1) is 5.69 Å². The Morgan fingerprint density at radius 2 is 1.81 bits per heavy atom. The number of ether oxygens (including phenoxy) is 1. The lowest BCUT2D eigenvalue weighted by atomic mass is 10.1. The number of thiophene rings is 1. The van der Waals surface area contributed by atoms with Gasteiger partial charge in [-0.2, -0.15) is 0 Å². The summed E-state index contributed by atoms with van der Waals surface area (Å²) in [6, 6.07) is 6.12. The van der Waals surface area contributed by atoms with E-state index in [0.717, 1.165) is 16.0 Å². The fraction of sp³-hybridized carbons (Fsp3) is 0.312. The van der Waals surface area contributed by atoms with Crippen molar-refractivity contribution in [3.8, 4) is 10.4 Å². The highest BCUT2D eigenvalue weighted by molar-refractivity contribution is 7.18. The van der Waals surface area contributed by atoms with Gasteiger partial charge in [-0.25, -0.2) is 9.18 Å². The molecule has 0 amide bonds. The van der Waals surface area contributed by atoms with Gasteiger partial charge in [0.15, 0.2) is 0 Å². The van der Waals surface area contributed by atoms with Crippen molar-refractivity contribution in [2.45, 2.75) is 33.3 Å². The molecule has 0 fully saturated rings. The van der Waals surface area contributed by atoms with E-state index in [1.54, 1.807) is 12.1 Å². The minimum atomic E-state index is -0.572. The SMILES string of the molecule is Cc1c(-c2ccc(F)cc2)sc(C(=O)OC(C)(C)C)c1N. The zero-order valence-corrected chi connectivity index (χ0v) is 13.3. The highest BCUT2D eigenvalue weighted by Gasteiger charge is 2.24. The summed E-state index contributed by atoms with van der Waals surface area (Å²) in [5, 5.41) is 0. The van der Waals surface area contributed by atoms with Gasteiger partial charge in [0.1, 0.15) is 16.3 Å². The van der Waals surface area contributed by atoms with E-state index in [4.69, 9.17) is 10.5 Å². The Morgan fingerprint density at radius 3 is 2.33 bits per heavy atom. The number of benzene rings is 1. The first-order valence-electron chi connectivity index (χ1n) is 6.57. The Labute approximate surface area is 127 Å². The molecule has 2 rings (SSSR count). The van der Waals surface area contributed by atoms with Crippen LogP contribution < -0.4 is 5.73 Å². The van der Waals surface area contributed by atoms with E-state index in [1.807, 2.05) is 27.7 Å². The van der Waals surface area contributed by atoms with E-state index in [0.29, 0.717) is 10.6 Å². The predicted molar refractivity (Wildman–Crippen MR) is 84.0 cm³/mol. The van der Waals surface area contributed by atoms with Crippen LogP contribution in [0, 0.1) is 12.7 Å². The molecule has 0 aliphatic carbocycles. The zero-order chi connectivity index (χ0) is 15.8. The molecule has 0 atom stereocenters. The van der Waals surface area contributed by atoms with E-state index in [1.165, 1.54) is 23.5 Å². The standard InChI is InChI=1S/C16H18FNO2S/c1-9-12(18)14(15(19)20-16(2,3)4)21-13(9)10-5-7-11(17)8-6-10/h5-8H,18H2,1-4H3. The maximum atomic E-state index is 13.0. The highest BCUT2D eigenvalue weighted by atomic mass is 32.1. The first-order valence-corrected chi connectivity index (χ1v) is 7.39. The molecule has 21 heavy (non-hydrogen) atoms. The lowest BCUT2D eigenvalue weighted by molar-refractivity contribution is 0.00763. The molecule has 0 aliphatic rings. The molecule has 1 aromatic heterocycles. The van der Waals surface area contributed by atoms with Gasteiger partial charge >= 0.3 is 5.97 Å². The maximum Gasteiger partial charge on any atom is 0.351 e. The first kappa shape index (κ1) is 15.5. The van der Waals surface area contributed by atoms with Crippen LogP contribution in [0.2, 0.25) is 0 Å². The second-order valence-corrected chi connectivity index (χ2v) is 6.83. The van der Waals surface area contributed by atoms with Crippen LogP contribution in [-0.4, -0.2) is 11.6 Å². The Bertz CT molecular complexity index is 669. The van der Waals surface area contributed by atoms with Crippen LogP contribution in [0.15, 0.2) is 24.3 Å². The molecule has 5 heteroatoms. The molecule has 0 spiro atoms. The summed E-state index contributed by atoms with van der Waals surface area (Å²) in [4.78, 5) is 13.4. The number of anilines is 1. The van der Waals surface area contributed by atoms with E-state index in [2.05, 4.69) is 0 Å². The largest absolute Gasteiger partial charge is 0.456 e. The molecule has 0 radical (unpaired) electrons. The Kier molecular flexibility index (Phi) is 4.05. The van der Waals surface area contributed by atoms with Crippen molar-refractivity contribution in [1.82, 2.24) is 0 Å². The minimum absolute atomic E-state index is 0.298. The summed E-state index contributed by atoms with van der Waals surface area (Å²) in [6.45, 7) is 7.27. The average molecular weight is 307 g/mol. The van der Waals surface area contributed by atoms with Crippen LogP contribution in [0.3, 0.4) is 0 Å². The van der Waals surface area contributed by atoms with E-state index in [9.17, 15) is 9.18 Å². The molecule has 112 valence electrons. The third-order valence-electron chi connectivity index (χ3n) is 2.88. The number of hydrogen-bond acceptors (Lipinski definition) is 4. The van der Waals surface area contributed by atoms with E-state index in [-0.39, 0.29) is 5.82 Å². The number of carbonyl (C=O) groups excluding carboxylic acids is 1. The van der Waals surface area contributed by atoms with Gasteiger partial charge in [-0.05, 0) is 51.0 Å². The lowest BCUT2D eigenvalue weighted by Crippen LogP contribution is -2.23. The van der Waals surface area contributed by atoms with Crippen molar-refractivity contribution >= 4 is 23.0 Å². The van der Waals surface area contributed by atoms with Crippen molar-refractivity contribution in [2.75, 3.05) is 5.73 Å². The van der Waals surface area contributed by atoms with E-state index < -0.39 is 11.6 Å². The van der Waals surface area contributed by atoms with Gasteiger partial charge in [0, 0.05) is 4.88 Å². The fourth-order valence-corrected chi connectivity index (χ4v) is 2.99. The third-order valence-corrected chi connectivity index (χ3v) is 4.22. The van der Waals surface area contributed by atoms with Crippen molar-refractivity contribution in [2.24, 2.45) is 0 Å².